The van der Waals surface area contributed by atoms with Crippen LogP contribution in [0.15, 0.2) is 76.5 Å². The predicted octanol–water partition coefficient (Wildman–Crippen LogP) is 6.24. The topological polar surface area (TPSA) is 112 Å². The number of hydrogen-bond acceptors (Lipinski definition) is 6. The van der Waals surface area contributed by atoms with Crippen LogP contribution in [0.2, 0.25) is 5.02 Å². The minimum absolute atomic E-state index is 0.127. The van der Waals surface area contributed by atoms with E-state index >= 15 is 0 Å². The predicted molar refractivity (Wildman–Crippen MR) is 149 cm³/mol. The van der Waals surface area contributed by atoms with E-state index < -0.39 is 5.97 Å². The lowest BCUT2D eigenvalue weighted by atomic mass is 9.83. The molecule has 0 spiro atoms. The number of hydrogen-bond donors (Lipinski definition) is 3. The maximum atomic E-state index is 13.6. The first-order chi connectivity index (χ1) is 18.4. The lowest BCUT2D eigenvalue weighted by Crippen LogP contribution is -2.41. The van der Waals surface area contributed by atoms with Gasteiger partial charge in [-0.25, -0.2) is 4.79 Å². The number of fused-ring (bicyclic) bond motifs is 1. The maximum absolute atomic E-state index is 13.6. The highest BCUT2D eigenvalue weighted by Gasteiger charge is 2.39. The summed E-state index contributed by atoms with van der Waals surface area (Å²) in [6, 6.07) is 13.0. The second-order valence-electron chi connectivity index (χ2n) is 10.8. The van der Waals surface area contributed by atoms with Crippen LogP contribution in [-0.4, -0.2) is 22.8 Å². The van der Waals surface area contributed by atoms with Gasteiger partial charge in [-0.05, 0) is 60.9 Å². The van der Waals surface area contributed by atoms with Gasteiger partial charge in [-0.3, -0.25) is 9.59 Å². The molecule has 0 fully saturated rings. The molecule has 1 aromatic heterocycles. The molecule has 9 heteroatoms. The molecule has 2 heterocycles. The van der Waals surface area contributed by atoms with Crippen molar-refractivity contribution in [1.29, 1.82) is 0 Å². The van der Waals surface area contributed by atoms with Crippen molar-refractivity contribution in [2.45, 2.75) is 40.3 Å². The standard InChI is InChI=1S/C30H28ClN3O5/c1-15-6-13-22(39-15)27(30(3,4)5)33-25-24(16(2)26(25)35)32-21-12-11-20(31)19-14-34(28(36)23(19)21)18-9-7-17(8-10-18)29(37)38/h6-13,27,32-33H,2,14H2,1,3-5H3,(H,37,38)/t27-/m0/s1. The summed E-state index contributed by atoms with van der Waals surface area (Å²) in [4.78, 5) is 39.2. The minimum Gasteiger partial charge on any atom is -0.478 e. The molecule has 8 nitrogen and oxygen atoms in total. The van der Waals surface area contributed by atoms with E-state index in [-0.39, 0.29) is 35.3 Å². The van der Waals surface area contributed by atoms with Crippen LogP contribution in [0, 0.1) is 12.3 Å². The Hall–Kier alpha value is -4.30. The number of carboxylic acid groups (broad SMARTS) is 1. The van der Waals surface area contributed by atoms with Gasteiger partial charge in [0, 0.05) is 21.8 Å². The molecule has 2 aliphatic rings. The number of carboxylic acids is 1. The molecule has 3 N–H and O–H groups in total. The van der Waals surface area contributed by atoms with Gasteiger partial charge in [-0.1, -0.05) is 39.0 Å². The van der Waals surface area contributed by atoms with Gasteiger partial charge in [0.1, 0.15) is 17.2 Å². The first kappa shape index (κ1) is 26.3. The SMILES string of the molecule is C=C1C(=O)C(N[C@@H](c2ccc(C)o2)C(C)(C)C)=C1Nc1ccc(Cl)c2c1C(=O)N(c1ccc(C(=O)O)cc1)C2. The number of rotatable bonds is 7. The van der Waals surface area contributed by atoms with Crippen LogP contribution in [0.3, 0.4) is 0 Å². The van der Waals surface area contributed by atoms with E-state index in [1.807, 2.05) is 19.1 Å². The van der Waals surface area contributed by atoms with Gasteiger partial charge in [0.15, 0.2) is 0 Å². The Kier molecular flexibility index (Phi) is 6.39. The molecule has 39 heavy (non-hydrogen) atoms. The second-order valence-corrected chi connectivity index (χ2v) is 11.2. The fourth-order valence-corrected chi connectivity index (χ4v) is 5.04. The zero-order chi connectivity index (χ0) is 28.2. The summed E-state index contributed by atoms with van der Waals surface area (Å²) in [5.74, 6) is -0.0643. The van der Waals surface area contributed by atoms with E-state index in [1.54, 1.807) is 24.3 Å². The minimum atomic E-state index is -1.05. The van der Waals surface area contributed by atoms with Crippen molar-refractivity contribution >= 4 is 40.6 Å². The average Bonchev–Trinajstić information content (AvgIpc) is 3.47. The Balaban J connectivity index is 1.48. The number of allylic oxidation sites excluding steroid dienone is 2. The fourth-order valence-electron chi connectivity index (χ4n) is 4.83. The van der Waals surface area contributed by atoms with Crippen molar-refractivity contribution in [2.24, 2.45) is 5.41 Å². The molecule has 5 rings (SSSR count). The number of nitrogens with zero attached hydrogens (tertiary/aromatic N) is 1. The smallest absolute Gasteiger partial charge is 0.335 e. The van der Waals surface area contributed by atoms with E-state index in [0.29, 0.717) is 50.3 Å². The van der Waals surface area contributed by atoms with Crippen LogP contribution in [0.25, 0.3) is 0 Å². The van der Waals surface area contributed by atoms with Gasteiger partial charge in [0.2, 0.25) is 5.78 Å². The van der Waals surface area contributed by atoms with Crippen LogP contribution in [0.5, 0.6) is 0 Å². The van der Waals surface area contributed by atoms with Gasteiger partial charge in [-0.15, -0.1) is 0 Å². The van der Waals surface area contributed by atoms with Crippen LogP contribution >= 0.6 is 11.6 Å². The van der Waals surface area contributed by atoms with E-state index in [2.05, 4.69) is 38.0 Å². The summed E-state index contributed by atoms with van der Waals surface area (Å²) in [6.07, 6.45) is 0. The number of carbonyl (C=O) groups excluding carboxylic acids is 2. The second kappa shape index (κ2) is 9.47. The largest absolute Gasteiger partial charge is 0.478 e. The van der Waals surface area contributed by atoms with E-state index in [9.17, 15) is 19.5 Å². The van der Waals surface area contributed by atoms with Crippen LogP contribution in [-0.2, 0) is 11.3 Å². The van der Waals surface area contributed by atoms with E-state index in [0.717, 1.165) is 5.76 Å². The molecular formula is C30H28ClN3O5. The zero-order valence-electron chi connectivity index (χ0n) is 22.0. The molecule has 1 aliphatic carbocycles. The summed E-state index contributed by atoms with van der Waals surface area (Å²) in [5, 5.41) is 16.2. The van der Waals surface area contributed by atoms with Gasteiger partial charge in [0.05, 0.1) is 35.1 Å². The molecule has 1 aliphatic heterocycles. The number of anilines is 2. The number of halogens is 1. The number of Topliss-reactive ketones (excluding diaryl/α,β-unsaturated/α-hetero) is 1. The number of benzene rings is 2. The quantitative estimate of drug-likeness (QED) is 0.301. The molecule has 0 unspecified atom stereocenters. The normalized spacial score (nSPS) is 15.8. The molecular weight excluding hydrogens is 518 g/mol. The summed E-state index contributed by atoms with van der Waals surface area (Å²) in [7, 11) is 0. The van der Waals surface area contributed by atoms with Crippen LogP contribution in [0.4, 0.5) is 11.4 Å². The zero-order valence-corrected chi connectivity index (χ0v) is 22.8. The number of ketones is 1. The number of aryl methyl sites for hydroxylation is 1. The van der Waals surface area contributed by atoms with Crippen molar-refractivity contribution in [3.8, 4) is 0 Å². The summed E-state index contributed by atoms with van der Waals surface area (Å²) in [6.45, 7) is 12.2. The highest BCUT2D eigenvalue weighted by atomic mass is 35.5. The first-order valence-corrected chi connectivity index (χ1v) is 12.8. The molecule has 0 radical (unpaired) electrons. The average molecular weight is 546 g/mol. The van der Waals surface area contributed by atoms with Gasteiger partial charge < -0.3 is 25.1 Å². The fraction of sp³-hybridized carbons (Fsp3) is 0.233. The van der Waals surface area contributed by atoms with Crippen molar-refractivity contribution in [3.05, 3.63) is 105 Å². The van der Waals surface area contributed by atoms with Crippen LogP contribution < -0.4 is 15.5 Å². The Morgan fingerprint density at radius 2 is 1.77 bits per heavy atom. The molecule has 0 saturated carbocycles. The van der Waals surface area contributed by atoms with Crippen molar-refractivity contribution in [2.75, 3.05) is 10.2 Å². The van der Waals surface area contributed by atoms with E-state index in [1.165, 1.54) is 17.0 Å². The monoisotopic (exact) mass is 545 g/mol. The molecule has 2 aromatic carbocycles. The highest BCUT2D eigenvalue weighted by molar-refractivity contribution is 6.33. The molecule has 0 bridgehead atoms. The Bertz CT molecular complexity index is 1580. The number of carbonyl (C=O) groups is 3. The first-order valence-electron chi connectivity index (χ1n) is 12.4. The molecule has 0 saturated heterocycles. The Morgan fingerprint density at radius 1 is 1.08 bits per heavy atom. The lowest BCUT2D eigenvalue weighted by molar-refractivity contribution is -0.113. The van der Waals surface area contributed by atoms with Crippen molar-refractivity contribution < 1.29 is 23.9 Å². The Morgan fingerprint density at radius 3 is 2.36 bits per heavy atom. The molecule has 200 valence electrons. The van der Waals surface area contributed by atoms with Gasteiger partial charge >= 0.3 is 5.97 Å². The third kappa shape index (κ3) is 4.61. The maximum Gasteiger partial charge on any atom is 0.335 e. The van der Waals surface area contributed by atoms with Gasteiger partial charge in [0.25, 0.3) is 5.91 Å². The summed E-state index contributed by atoms with van der Waals surface area (Å²) in [5.41, 5.74) is 3.08. The highest BCUT2D eigenvalue weighted by Crippen LogP contribution is 2.41. The van der Waals surface area contributed by atoms with Crippen molar-refractivity contribution in [1.82, 2.24) is 5.32 Å². The van der Waals surface area contributed by atoms with Gasteiger partial charge in [-0.2, -0.15) is 0 Å². The molecule has 3 aromatic rings. The third-order valence-electron chi connectivity index (χ3n) is 6.97. The third-order valence-corrected chi connectivity index (χ3v) is 7.32. The molecule has 1 amide bonds. The summed E-state index contributed by atoms with van der Waals surface area (Å²) >= 11 is 6.49. The van der Waals surface area contributed by atoms with Crippen LogP contribution in [0.1, 0.15) is 64.6 Å². The summed E-state index contributed by atoms with van der Waals surface area (Å²) < 4.78 is 5.88. The van der Waals surface area contributed by atoms with Crippen molar-refractivity contribution in [3.63, 3.8) is 0 Å². The molecule has 1 atom stereocenters. The lowest BCUT2D eigenvalue weighted by Gasteiger charge is -2.35. The number of amides is 1. The number of aromatic carboxylic acids is 1. The number of nitrogens with one attached hydrogen (secondary N) is 2. The van der Waals surface area contributed by atoms with E-state index in [4.69, 9.17) is 16.0 Å². The number of furan rings is 1. The Labute approximate surface area is 230 Å².